The SMILES string of the molecule is CN(Cc1nnsc1Cl)CC1COc2ccccc2O1. The number of benzene rings is 1. The van der Waals surface area contributed by atoms with Crippen molar-refractivity contribution in [1.29, 1.82) is 0 Å². The lowest BCUT2D eigenvalue weighted by Gasteiger charge is -2.29. The maximum Gasteiger partial charge on any atom is 0.161 e. The Morgan fingerprint density at radius 3 is 2.95 bits per heavy atom. The van der Waals surface area contributed by atoms with Crippen molar-refractivity contribution in [2.24, 2.45) is 0 Å². The van der Waals surface area contributed by atoms with Crippen LogP contribution in [0.2, 0.25) is 4.34 Å². The maximum absolute atomic E-state index is 6.00. The van der Waals surface area contributed by atoms with Gasteiger partial charge >= 0.3 is 0 Å². The van der Waals surface area contributed by atoms with Crippen molar-refractivity contribution in [1.82, 2.24) is 14.5 Å². The summed E-state index contributed by atoms with van der Waals surface area (Å²) in [5, 5.41) is 4.01. The van der Waals surface area contributed by atoms with E-state index in [0.717, 1.165) is 23.7 Å². The van der Waals surface area contributed by atoms with E-state index < -0.39 is 0 Å². The Morgan fingerprint density at radius 1 is 1.40 bits per heavy atom. The molecule has 0 fully saturated rings. The van der Waals surface area contributed by atoms with Gasteiger partial charge in [-0.15, -0.1) is 5.10 Å². The van der Waals surface area contributed by atoms with Gasteiger partial charge in [0.25, 0.3) is 0 Å². The summed E-state index contributed by atoms with van der Waals surface area (Å²) < 4.78 is 16.1. The van der Waals surface area contributed by atoms with E-state index in [0.29, 0.717) is 17.5 Å². The lowest BCUT2D eigenvalue weighted by molar-refractivity contribution is 0.0635. The molecule has 0 saturated carbocycles. The molecule has 5 nitrogen and oxygen atoms in total. The smallest absolute Gasteiger partial charge is 0.161 e. The predicted molar refractivity (Wildman–Crippen MR) is 77.6 cm³/mol. The number of rotatable bonds is 4. The Morgan fingerprint density at radius 2 is 2.20 bits per heavy atom. The van der Waals surface area contributed by atoms with Crippen molar-refractivity contribution in [3.63, 3.8) is 0 Å². The third-order valence-electron chi connectivity index (χ3n) is 3.01. The zero-order valence-electron chi connectivity index (χ0n) is 11.0. The number of fused-ring (bicyclic) bond motifs is 1. The number of aromatic nitrogens is 2. The monoisotopic (exact) mass is 311 g/mol. The molecule has 20 heavy (non-hydrogen) atoms. The van der Waals surface area contributed by atoms with Crippen LogP contribution in [0.1, 0.15) is 5.69 Å². The summed E-state index contributed by atoms with van der Waals surface area (Å²) in [7, 11) is 2.00. The molecule has 3 rings (SSSR count). The highest BCUT2D eigenvalue weighted by molar-refractivity contribution is 7.10. The van der Waals surface area contributed by atoms with Gasteiger partial charge in [0.05, 0.1) is 0 Å². The van der Waals surface area contributed by atoms with Crippen molar-refractivity contribution in [3.05, 3.63) is 34.3 Å². The van der Waals surface area contributed by atoms with Crippen LogP contribution in [-0.4, -0.2) is 40.8 Å². The van der Waals surface area contributed by atoms with Crippen LogP contribution in [-0.2, 0) is 6.54 Å². The third-order valence-corrected chi connectivity index (χ3v) is 4.00. The summed E-state index contributed by atoms with van der Waals surface area (Å²) in [6.45, 7) is 1.93. The highest BCUT2D eigenvalue weighted by atomic mass is 35.5. The van der Waals surface area contributed by atoms with Gasteiger partial charge in [0.15, 0.2) is 11.5 Å². The standard InChI is InChI=1S/C13H14ClN3O2S/c1-17(7-10-13(14)20-16-15-10)6-9-8-18-11-4-2-3-5-12(11)19-9/h2-5,9H,6-8H2,1H3. The molecule has 106 valence electrons. The van der Waals surface area contributed by atoms with Crippen molar-refractivity contribution < 1.29 is 9.47 Å². The highest BCUT2D eigenvalue weighted by Crippen LogP contribution is 2.31. The molecule has 1 aliphatic rings. The maximum atomic E-state index is 6.00. The Balaban J connectivity index is 1.58. The summed E-state index contributed by atoms with van der Waals surface area (Å²) in [6.07, 6.45) is 0.000250. The third kappa shape index (κ3) is 3.03. The molecule has 7 heteroatoms. The van der Waals surface area contributed by atoms with Crippen LogP contribution in [0.5, 0.6) is 11.5 Å². The van der Waals surface area contributed by atoms with Crippen molar-refractivity contribution >= 4 is 23.1 Å². The molecular weight excluding hydrogens is 298 g/mol. The van der Waals surface area contributed by atoms with Crippen molar-refractivity contribution in [2.45, 2.75) is 12.6 Å². The second-order valence-electron chi connectivity index (χ2n) is 4.69. The number of hydrogen-bond donors (Lipinski definition) is 0. The van der Waals surface area contributed by atoms with Gasteiger partial charge in [-0.1, -0.05) is 28.2 Å². The summed E-state index contributed by atoms with van der Waals surface area (Å²) in [4.78, 5) is 2.10. The van der Waals surface area contributed by atoms with Crippen LogP contribution in [0.25, 0.3) is 0 Å². The molecule has 0 radical (unpaired) electrons. The Bertz CT molecular complexity index is 593. The van der Waals surface area contributed by atoms with Crippen molar-refractivity contribution in [2.75, 3.05) is 20.2 Å². The average molecular weight is 312 g/mol. The van der Waals surface area contributed by atoms with Gasteiger partial charge in [0, 0.05) is 24.6 Å². The van der Waals surface area contributed by atoms with Crippen LogP contribution >= 0.6 is 23.1 Å². The molecule has 2 aromatic rings. The number of halogens is 1. The fraction of sp³-hybridized carbons (Fsp3) is 0.385. The van der Waals surface area contributed by atoms with E-state index in [-0.39, 0.29) is 6.10 Å². The molecule has 0 amide bonds. The van der Waals surface area contributed by atoms with E-state index in [2.05, 4.69) is 14.5 Å². The van der Waals surface area contributed by atoms with Gasteiger partial charge in [-0.2, -0.15) is 0 Å². The van der Waals surface area contributed by atoms with E-state index >= 15 is 0 Å². The van der Waals surface area contributed by atoms with Gasteiger partial charge in [0.1, 0.15) is 22.7 Å². The Hall–Kier alpha value is -1.37. The number of hydrogen-bond acceptors (Lipinski definition) is 6. The normalized spacial score (nSPS) is 17.4. The zero-order chi connectivity index (χ0) is 13.9. The molecule has 0 aliphatic carbocycles. The molecule has 0 N–H and O–H groups in total. The van der Waals surface area contributed by atoms with E-state index in [4.69, 9.17) is 21.1 Å². The molecule has 1 atom stereocenters. The van der Waals surface area contributed by atoms with Gasteiger partial charge in [-0.25, -0.2) is 0 Å². The lowest BCUT2D eigenvalue weighted by Crippen LogP contribution is -2.39. The molecule has 1 aliphatic heterocycles. The first-order valence-corrected chi connectivity index (χ1v) is 7.41. The van der Waals surface area contributed by atoms with Crippen LogP contribution in [0.4, 0.5) is 0 Å². The van der Waals surface area contributed by atoms with Crippen LogP contribution < -0.4 is 9.47 Å². The predicted octanol–water partition coefficient (Wildman–Crippen LogP) is 2.46. The first-order chi connectivity index (χ1) is 9.72. The number of para-hydroxylation sites is 2. The number of nitrogens with zero attached hydrogens (tertiary/aromatic N) is 3. The molecule has 0 saturated heterocycles. The summed E-state index contributed by atoms with van der Waals surface area (Å²) in [5.74, 6) is 1.60. The van der Waals surface area contributed by atoms with Crippen LogP contribution in [0.3, 0.4) is 0 Å². The first-order valence-electron chi connectivity index (χ1n) is 6.26. The lowest BCUT2D eigenvalue weighted by atomic mass is 10.2. The minimum atomic E-state index is 0.000250. The first kappa shape index (κ1) is 13.6. The van der Waals surface area contributed by atoms with E-state index in [1.165, 1.54) is 11.5 Å². The highest BCUT2D eigenvalue weighted by Gasteiger charge is 2.22. The van der Waals surface area contributed by atoms with Crippen LogP contribution in [0, 0.1) is 0 Å². The second kappa shape index (κ2) is 5.95. The molecule has 0 bridgehead atoms. The van der Waals surface area contributed by atoms with Gasteiger partial charge in [-0.05, 0) is 19.2 Å². The van der Waals surface area contributed by atoms with Crippen molar-refractivity contribution in [3.8, 4) is 11.5 Å². The molecular formula is C13H14ClN3O2S. The molecule has 0 spiro atoms. The van der Waals surface area contributed by atoms with E-state index in [1.54, 1.807) is 0 Å². The number of likely N-dealkylation sites (N-methyl/N-ethyl adjacent to an activating group) is 1. The minimum absolute atomic E-state index is 0.000250. The number of ether oxygens (including phenoxy) is 2. The van der Waals surface area contributed by atoms with E-state index in [1.807, 2.05) is 31.3 Å². The summed E-state index contributed by atoms with van der Waals surface area (Å²) in [5.41, 5.74) is 0.802. The molecule has 2 heterocycles. The molecule has 1 aromatic carbocycles. The van der Waals surface area contributed by atoms with Crippen LogP contribution in [0.15, 0.2) is 24.3 Å². The summed E-state index contributed by atoms with van der Waals surface area (Å²) in [6, 6.07) is 7.71. The fourth-order valence-electron chi connectivity index (χ4n) is 2.11. The average Bonchev–Trinajstić information content (AvgIpc) is 2.84. The zero-order valence-corrected chi connectivity index (χ0v) is 12.5. The Kier molecular flexibility index (Phi) is 4.05. The largest absolute Gasteiger partial charge is 0.486 e. The fourth-order valence-corrected chi connectivity index (χ4v) is 2.72. The topological polar surface area (TPSA) is 47.5 Å². The molecule has 1 aromatic heterocycles. The Labute approximate surface area is 126 Å². The van der Waals surface area contributed by atoms with Gasteiger partial charge < -0.3 is 9.47 Å². The van der Waals surface area contributed by atoms with Gasteiger partial charge in [-0.3, -0.25) is 4.90 Å². The minimum Gasteiger partial charge on any atom is -0.486 e. The molecule has 1 unspecified atom stereocenters. The second-order valence-corrected chi connectivity index (χ2v) is 6.04. The summed E-state index contributed by atoms with van der Waals surface area (Å²) >= 11 is 7.21. The van der Waals surface area contributed by atoms with E-state index in [9.17, 15) is 0 Å². The quantitative estimate of drug-likeness (QED) is 0.868. The van der Waals surface area contributed by atoms with Gasteiger partial charge in [0.2, 0.25) is 0 Å².